The summed E-state index contributed by atoms with van der Waals surface area (Å²) in [6.07, 6.45) is -0.125. The fraction of sp³-hybridized carbons (Fsp3) is 0.385. The zero-order valence-electron chi connectivity index (χ0n) is 10.9. The van der Waals surface area contributed by atoms with Gasteiger partial charge in [0.15, 0.2) is 0 Å². The average Bonchev–Trinajstić information content (AvgIpc) is 2.32. The number of carbonyl (C=O) groups is 2. The van der Waals surface area contributed by atoms with E-state index in [9.17, 15) is 9.59 Å². The Bertz CT molecular complexity index is 475. The lowest BCUT2D eigenvalue weighted by Crippen LogP contribution is -2.36. The minimum atomic E-state index is -0.781. The van der Waals surface area contributed by atoms with Gasteiger partial charge in [-0.25, -0.2) is 0 Å². The van der Waals surface area contributed by atoms with Crippen LogP contribution in [0.2, 0.25) is 5.02 Å². The number of carbonyl (C=O) groups excluding carboxylic acids is 2. The molecule has 1 aromatic rings. The van der Waals surface area contributed by atoms with Gasteiger partial charge in [0.2, 0.25) is 0 Å². The van der Waals surface area contributed by atoms with E-state index >= 15 is 0 Å². The summed E-state index contributed by atoms with van der Waals surface area (Å²) in [5.41, 5.74) is 1.35. The Labute approximate surface area is 117 Å². The Morgan fingerprint density at radius 2 is 2.05 bits per heavy atom. The number of aryl methyl sites for hydroxylation is 1. The number of amides is 2. The number of halogens is 1. The molecule has 1 aromatic carbocycles. The predicted molar refractivity (Wildman–Crippen MR) is 74.1 cm³/mol. The maximum Gasteiger partial charge on any atom is 0.313 e. The topological polar surface area (TPSA) is 78.4 Å². The predicted octanol–water partition coefficient (Wildman–Crippen LogP) is 1.47. The number of hydrogen-bond acceptors (Lipinski definition) is 3. The van der Waals surface area contributed by atoms with Crippen LogP contribution in [0.1, 0.15) is 18.9 Å². The molecule has 5 nitrogen and oxygen atoms in total. The number of nitrogens with one attached hydrogen (secondary N) is 2. The van der Waals surface area contributed by atoms with E-state index in [1.165, 1.54) is 0 Å². The number of aliphatic hydroxyl groups is 1. The molecular formula is C13H17ClN2O3. The van der Waals surface area contributed by atoms with Crippen molar-refractivity contribution in [1.29, 1.82) is 0 Å². The molecule has 3 N–H and O–H groups in total. The summed E-state index contributed by atoms with van der Waals surface area (Å²) in [7, 11) is 0. The second-order valence-electron chi connectivity index (χ2n) is 4.33. The molecule has 2 amide bonds. The molecule has 0 radical (unpaired) electrons. The molecule has 104 valence electrons. The lowest BCUT2D eigenvalue weighted by atomic mass is 10.2. The second-order valence-corrected chi connectivity index (χ2v) is 4.74. The van der Waals surface area contributed by atoms with Crippen molar-refractivity contribution in [3.63, 3.8) is 0 Å². The Morgan fingerprint density at radius 1 is 1.37 bits per heavy atom. The Morgan fingerprint density at radius 3 is 2.63 bits per heavy atom. The Balaban J connectivity index is 2.52. The molecule has 0 fully saturated rings. The van der Waals surface area contributed by atoms with Gasteiger partial charge in [0, 0.05) is 6.54 Å². The van der Waals surface area contributed by atoms with Gasteiger partial charge in [-0.3, -0.25) is 9.59 Å². The Kier molecular flexibility index (Phi) is 5.79. The van der Waals surface area contributed by atoms with Gasteiger partial charge in [0.1, 0.15) is 0 Å². The molecule has 0 heterocycles. The van der Waals surface area contributed by atoms with E-state index < -0.39 is 17.9 Å². The molecule has 6 heteroatoms. The normalized spacial score (nSPS) is 11.8. The number of anilines is 1. The zero-order chi connectivity index (χ0) is 14.4. The van der Waals surface area contributed by atoms with Gasteiger partial charge in [0.25, 0.3) is 0 Å². The highest BCUT2D eigenvalue weighted by Crippen LogP contribution is 2.22. The monoisotopic (exact) mass is 284 g/mol. The second kappa shape index (κ2) is 7.11. The van der Waals surface area contributed by atoms with Crippen molar-refractivity contribution in [2.24, 2.45) is 0 Å². The van der Waals surface area contributed by atoms with E-state index in [0.29, 0.717) is 17.1 Å². The number of aliphatic hydroxyl groups excluding tert-OH is 1. The lowest BCUT2D eigenvalue weighted by molar-refractivity contribution is -0.136. The quantitative estimate of drug-likeness (QED) is 0.733. The van der Waals surface area contributed by atoms with Gasteiger partial charge in [0.05, 0.1) is 16.8 Å². The van der Waals surface area contributed by atoms with Crippen LogP contribution in [-0.4, -0.2) is 29.6 Å². The van der Waals surface area contributed by atoms with Crippen LogP contribution >= 0.6 is 11.6 Å². The lowest BCUT2D eigenvalue weighted by Gasteiger charge is -2.09. The van der Waals surface area contributed by atoms with Gasteiger partial charge in [-0.2, -0.15) is 0 Å². The summed E-state index contributed by atoms with van der Waals surface area (Å²) >= 11 is 5.94. The number of hydrogen-bond donors (Lipinski definition) is 3. The van der Waals surface area contributed by atoms with Crippen molar-refractivity contribution in [2.75, 3.05) is 11.9 Å². The maximum absolute atomic E-state index is 11.6. The van der Waals surface area contributed by atoms with Gasteiger partial charge < -0.3 is 15.7 Å². The highest BCUT2D eigenvalue weighted by Gasteiger charge is 2.14. The van der Waals surface area contributed by atoms with Crippen molar-refractivity contribution >= 4 is 29.1 Å². The molecule has 0 spiro atoms. The molecule has 0 aliphatic rings. The number of benzene rings is 1. The molecule has 19 heavy (non-hydrogen) atoms. The van der Waals surface area contributed by atoms with E-state index in [0.717, 1.165) is 5.56 Å². The molecule has 0 aromatic heterocycles. The molecule has 0 aliphatic carbocycles. The third-order valence-electron chi connectivity index (χ3n) is 2.43. The van der Waals surface area contributed by atoms with Crippen molar-refractivity contribution < 1.29 is 14.7 Å². The van der Waals surface area contributed by atoms with Crippen molar-refractivity contribution in [1.82, 2.24) is 5.32 Å². The van der Waals surface area contributed by atoms with Crippen LogP contribution < -0.4 is 10.6 Å². The standard InChI is InChI=1S/C13H17ClN2O3/c1-8-3-4-11(10(14)7-8)16-13(19)12(18)15-6-5-9(2)17/h3-4,7,9,17H,5-6H2,1-2H3,(H,15,18)(H,16,19). The van der Waals surface area contributed by atoms with Crippen LogP contribution in [0.25, 0.3) is 0 Å². The first kappa shape index (κ1) is 15.5. The summed E-state index contributed by atoms with van der Waals surface area (Å²) in [5, 5.41) is 14.3. The highest BCUT2D eigenvalue weighted by atomic mass is 35.5. The third kappa shape index (κ3) is 5.28. The van der Waals surface area contributed by atoms with E-state index in [1.807, 2.05) is 6.92 Å². The molecular weight excluding hydrogens is 268 g/mol. The van der Waals surface area contributed by atoms with Gasteiger partial charge in [-0.05, 0) is 38.0 Å². The maximum atomic E-state index is 11.6. The van der Waals surface area contributed by atoms with E-state index in [2.05, 4.69) is 10.6 Å². The molecule has 0 saturated heterocycles. The van der Waals surface area contributed by atoms with Crippen molar-refractivity contribution in [3.05, 3.63) is 28.8 Å². The first-order valence-corrected chi connectivity index (χ1v) is 6.31. The van der Waals surface area contributed by atoms with Crippen LogP contribution in [0.3, 0.4) is 0 Å². The summed E-state index contributed by atoms with van der Waals surface area (Å²) in [6.45, 7) is 3.73. The molecule has 1 rings (SSSR count). The van der Waals surface area contributed by atoms with Gasteiger partial charge in [-0.15, -0.1) is 0 Å². The van der Waals surface area contributed by atoms with Gasteiger partial charge >= 0.3 is 11.8 Å². The first-order valence-electron chi connectivity index (χ1n) is 5.93. The molecule has 0 saturated carbocycles. The van der Waals surface area contributed by atoms with E-state index in [-0.39, 0.29) is 6.54 Å². The van der Waals surface area contributed by atoms with Crippen LogP contribution in [0.15, 0.2) is 18.2 Å². The number of rotatable bonds is 4. The summed E-state index contributed by atoms with van der Waals surface area (Å²) < 4.78 is 0. The SMILES string of the molecule is Cc1ccc(NC(=O)C(=O)NCCC(C)O)c(Cl)c1. The summed E-state index contributed by atoms with van der Waals surface area (Å²) in [6, 6.07) is 5.12. The fourth-order valence-corrected chi connectivity index (χ4v) is 1.66. The van der Waals surface area contributed by atoms with Crippen LogP contribution in [0.4, 0.5) is 5.69 Å². The third-order valence-corrected chi connectivity index (χ3v) is 2.74. The van der Waals surface area contributed by atoms with Crippen molar-refractivity contribution in [3.8, 4) is 0 Å². The van der Waals surface area contributed by atoms with Gasteiger partial charge in [-0.1, -0.05) is 17.7 Å². The first-order chi connectivity index (χ1) is 8.90. The zero-order valence-corrected chi connectivity index (χ0v) is 11.6. The summed E-state index contributed by atoms with van der Waals surface area (Å²) in [4.78, 5) is 23.0. The minimum Gasteiger partial charge on any atom is -0.393 e. The van der Waals surface area contributed by atoms with Crippen molar-refractivity contribution in [2.45, 2.75) is 26.4 Å². The molecule has 1 unspecified atom stereocenters. The average molecular weight is 285 g/mol. The Hall–Kier alpha value is -1.59. The molecule has 0 aliphatic heterocycles. The van der Waals surface area contributed by atoms with Crippen LogP contribution in [0.5, 0.6) is 0 Å². The molecule has 0 bridgehead atoms. The van der Waals surface area contributed by atoms with E-state index in [4.69, 9.17) is 16.7 Å². The largest absolute Gasteiger partial charge is 0.393 e. The van der Waals surface area contributed by atoms with E-state index in [1.54, 1.807) is 25.1 Å². The van der Waals surface area contributed by atoms with Crippen LogP contribution in [0, 0.1) is 6.92 Å². The molecule has 1 atom stereocenters. The smallest absolute Gasteiger partial charge is 0.313 e. The van der Waals surface area contributed by atoms with Crippen LogP contribution in [-0.2, 0) is 9.59 Å². The minimum absolute atomic E-state index is 0.242. The highest BCUT2D eigenvalue weighted by molar-refractivity contribution is 6.41. The summed E-state index contributed by atoms with van der Waals surface area (Å²) in [5.74, 6) is -1.53. The fourth-order valence-electron chi connectivity index (χ4n) is 1.38.